The summed E-state index contributed by atoms with van der Waals surface area (Å²) < 4.78 is 1.39. The van der Waals surface area contributed by atoms with Gasteiger partial charge < -0.3 is 15.5 Å². The van der Waals surface area contributed by atoms with Crippen molar-refractivity contribution < 1.29 is 15.0 Å². The minimum atomic E-state index is -0.598. The Hall–Kier alpha value is -3.26. The lowest BCUT2D eigenvalue weighted by Gasteiger charge is -2.19. The standard InChI is InChI=1S/C21H22N4O3S/c1-21(2,3)22-20(29)24-23-17(26)14-9-10-15-16(11-14)19(28)25(18(15)27)12-13-7-5-4-6-8-13/h4-11,27-28H,12H2,1-3H3,(H,22,29). The molecule has 0 spiro atoms. The van der Waals surface area contributed by atoms with Crippen molar-refractivity contribution in [3.8, 4) is 11.8 Å². The lowest BCUT2D eigenvalue weighted by atomic mass is 10.1. The third-order valence-electron chi connectivity index (χ3n) is 4.16. The molecule has 3 N–H and O–H groups in total. The molecule has 7 nitrogen and oxygen atoms in total. The summed E-state index contributed by atoms with van der Waals surface area (Å²) in [5, 5.41) is 32.3. The lowest BCUT2D eigenvalue weighted by Crippen LogP contribution is -2.38. The van der Waals surface area contributed by atoms with Crippen LogP contribution in [0.2, 0.25) is 0 Å². The predicted octanol–water partition coefficient (Wildman–Crippen LogP) is 4.37. The van der Waals surface area contributed by atoms with Crippen molar-refractivity contribution in [2.45, 2.75) is 32.9 Å². The Morgan fingerprint density at radius 1 is 1.03 bits per heavy atom. The van der Waals surface area contributed by atoms with Gasteiger partial charge in [-0.05, 0) is 56.8 Å². The second-order valence-corrected chi connectivity index (χ2v) is 8.05. The van der Waals surface area contributed by atoms with Gasteiger partial charge in [-0.25, -0.2) is 0 Å². The number of carbonyl (C=O) groups excluding carboxylic acids is 1. The van der Waals surface area contributed by atoms with Crippen LogP contribution in [0.5, 0.6) is 11.8 Å². The molecule has 0 aliphatic rings. The molecule has 0 atom stereocenters. The molecule has 1 aromatic heterocycles. The quantitative estimate of drug-likeness (QED) is 0.440. The van der Waals surface area contributed by atoms with Crippen LogP contribution < -0.4 is 5.32 Å². The van der Waals surface area contributed by atoms with Gasteiger partial charge in [0.2, 0.25) is 16.9 Å². The first-order chi connectivity index (χ1) is 13.7. The van der Waals surface area contributed by atoms with Crippen LogP contribution in [-0.2, 0) is 6.54 Å². The zero-order chi connectivity index (χ0) is 21.2. The first-order valence-corrected chi connectivity index (χ1v) is 9.43. The van der Waals surface area contributed by atoms with E-state index in [9.17, 15) is 15.0 Å². The number of nitrogens with zero attached hydrogens (tertiary/aromatic N) is 3. The summed E-state index contributed by atoms with van der Waals surface area (Å²) in [6, 6.07) is 14.0. The molecule has 1 heterocycles. The molecule has 0 bridgehead atoms. The molecule has 0 aliphatic heterocycles. The molecule has 0 unspecified atom stereocenters. The Morgan fingerprint density at radius 2 is 1.69 bits per heavy atom. The van der Waals surface area contributed by atoms with Crippen molar-refractivity contribution in [2.75, 3.05) is 0 Å². The van der Waals surface area contributed by atoms with E-state index < -0.39 is 5.91 Å². The van der Waals surface area contributed by atoms with E-state index >= 15 is 0 Å². The van der Waals surface area contributed by atoms with Gasteiger partial charge in [0, 0.05) is 21.9 Å². The Balaban J connectivity index is 1.87. The molecule has 1 amide bonds. The zero-order valence-electron chi connectivity index (χ0n) is 16.4. The number of carbonyl (C=O) groups is 1. The molecular weight excluding hydrogens is 388 g/mol. The summed E-state index contributed by atoms with van der Waals surface area (Å²) in [6.07, 6.45) is 0. The van der Waals surface area contributed by atoms with Gasteiger partial charge in [0.05, 0.1) is 6.54 Å². The van der Waals surface area contributed by atoms with E-state index in [1.54, 1.807) is 6.07 Å². The van der Waals surface area contributed by atoms with E-state index in [-0.39, 0.29) is 28.0 Å². The fourth-order valence-electron chi connectivity index (χ4n) is 2.86. The maximum Gasteiger partial charge on any atom is 0.295 e. The number of hydrogen-bond donors (Lipinski definition) is 3. The SMILES string of the molecule is CC(C)(C)NC(=S)N=NC(=O)c1ccc2c(O)n(Cc3ccccc3)c(O)c2c1. The third-order valence-corrected chi connectivity index (χ3v) is 4.34. The maximum atomic E-state index is 12.4. The normalized spacial score (nSPS) is 11.8. The number of benzene rings is 2. The second kappa shape index (κ2) is 8.00. The van der Waals surface area contributed by atoms with Gasteiger partial charge in [-0.15, -0.1) is 10.2 Å². The van der Waals surface area contributed by atoms with Crippen molar-refractivity contribution in [2.24, 2.45) is 10.2 Å². The highest BCUT2D eigenvalue weighted by molar-refractivity contribution is 7.80. The van der Waals surface area contributed by atoms with Gasteiger partial charge in [-0.1, -0.05) is 30.3 Å². The maximum absolute atomic E-state index is 12.4. The number of amides is 1. The number of hydrogen-bond acceptors (Lipinski definition) is 4. The summed E-state index contributed by atoms with van der Waals surface area (Å²) in [7, 11) is 0. The second-order valence-electron chi connectivity index (χ2n) is 7.66. The van der Waals surface area contributed by atoms with Crippen molar-refractivity contribution >= 4 is 34.0 Å². The fraction of sp³-hybridized carbons (Fsp3) is 0.238. The van der Waals surface area contributed by atoms with Gasteiger partial charge in [-0.3, -0.25) is 9.36 Å². The topological polar surface area (TPSA) is 99.2 Å². The summed E-state index contributed by atoms with van der Waals surface area (Å²) in [6.45, 7) is 6.04. The predicted molar refractivity (Wildman–Crippen MR) is 115 cm³/mol. The molecule has 0 saturated carbocycles. The van der Waals surface area contributed by atoms with Gasteiger partial charge in [0.15, 0.2) is 0 Å². The molecule has 0 radical (unpaired) electrons. The molecule has 2 aromatic carbocycles. The summed E-state index contributed by atoms with van der Waals surface area (Å²) in [4.78, 5) is 12.4. The lowest BCUT2D eigenvalue weighted by molar-refractivity contribution is 0.0995. The average molecular weight is 410 g/mol. The number of aromatic hydroxyl groups is 2. The Morgan fingerprint density at radius 3 is 2.34 bits per heavy atom. The number of aromatic nitrogens is 1. The van der Waals surface area contributed by atoms with E-state index in [1.807, 2.05) is 51.1 Å². The van der Waals surface area contributed by atoms with Gasteiger partial charge in [0.1, 0.15) is 0 Å². The molecule has 0 saturated heterocycles. The van der Waals surface area contributed by atoms with Crippen LogP contribution in [0.3, 0.4) is 0 Å². The van der Waals surface area contributed by atoms with E-state index in [4.69, 9.17) is 12.2 Å². The van der Waals surface area contributed by atoms with E-state index in [0.29, 0.717) is 17.3 Å². The first kappa shape index (κ1) is 20.5. The highest BCUT2D eigenvalue weighted by atomic mass is 32.1. The summed E-state index contributed by atoms with van der Waals surface area (Å²) in [5.41, 5.74) is 0.860. The zero-order valence-corrected chi connectivity index (χ0v) is 17.2. The van der Waals surface area contributed by atoms with Gasteiger partial charge >= 0.3 is 0 Å². The monoisotopic (exact) mass is 410 g/mol. The fourth-order valence-corrected chi connectivity index (χ4v) is 3.21. The average Bonchev–Trinajstić information content (AvgIpc) is 2.90. The van der Waals surface area contributed by atoms with Crippen LogP contribution in [0.25, 0.3) is 10.8 Å². The Bertz CT molecular complexity index is 1100. The third kappa shape index (κ3) is 4.78. The van der Waals surface area contributed by atoms with E-state index in [1.165, 1.54) is 16.7 Å². The minimum Gasteiger partial charge on any atom is -0.494 e. The van der Waals surface area contributed by atoms with Crippen LogP contribution in [-0.4, -0.2) is 31.3 Å². The van der Waals surface area contributed by atoms with Gasteiger partial charge in [-0.2, -0.15) is 0 Å². The van der Waals surface area contributed by atoms with Crippen LogP contribution in [0.1, 0.15) is 36.7 Å². The number of rotatable bonds is 3. The molecule has 0 aliphatic carbocycles. The molecular formula is C21H22N4O3S. The summed E-state index contributed by atoms with van der Waals surface area (Å²) >= 11 is 5.05. The number of thiocarbonyl (C=S) groups is 1. The molecule has 8 heteroatoms. The smallest absolute Gasteiger partial charge is 0.295 e. The number of nitrogens with one attached hydrogen (secondary N) is 1. The Kier molecular flexibility index (Phi) is 5.65. The number of azo groups is 1. The molecule has 150 valence electrons. The molecule has 0 fully saturated rings. The minimum absolute atomic E-state index is 0.0717. The van der Waals surface area contributed by atoms with Crippen molar-refractivity contribution in [3.05, 3.63) is 59.7 Å². The van der Waals surface area contributed by atoms with Crippen LogP contribution in [0.15, 0.2) is 58.8 Å². The number of fused-ring (bicyclic) bond motifs is 1. The first-order valence-electron chi connectivity index (χ1n) is 9.02. The van der Waals surface area contributed by atoms with Crippen LogP contribution in [0.4, 0.5) is 0 Å². The van der Waals surface area contributed by atoms with Crippen molar-refractivity contribution in [1.82, 2.24) is 9.88 Å². The molecule has 3 aromatic rings. The molecule has 29 heavy (non-hydrogen) atoms. The van der Waals surface area contributed by atoms with Crippen LogP contribution >= 0.6 is 12.2 Å². The highest BCUT2D eigenvalue weighted by Crippen LogP contribution is 2.37. The van der Waals surface area contributed by atoms with Crippen molar-refractivity contribution in [3.63, 3.8) is 0 Å². The summed E-state index contributed by atoms with van der Waals surface area (Å²) in [5.74, 6) is -0.796. The largest absolute Gasteiger partial charge is 0.494 e. The van der Waals surface area contributed by atoms with Crippen LogP contribution in [0, 0.1) is 0 Å². The van der Waals surface area contributed by atoms with Crippen molar-refractivity contribution in [1.29, 1.82) is 0 Å². The highest BCUT2D eigenvalue weighted by Gasteiger charge is 2.18. The Labute approximate surface area is 173 Å². The molecule has 3 rings (SSSR count). The van der Waals surface area contributed by atoms with E-state index in [0.717, 1.165) is 5.56 Å². The van der Waals surface area contributed by atoms with Gasteiger partial charge in [0.25, 0.3) is 5.91 Å². The van der Waals surface area contributed by atoms with E-state index in [2.05, 4.69) is 15.5 Å².